The number of amides is 1. The van der Waals surface area contributed by atoms with Crippen molar-refractivity contribution in [3.63, 3.8) is 0 Å². The van der Waals surface area contributed by atoms with Crippen LogP contribution in [0.4, 0.5) is 5.82 Å². The first-order valence-corrected chi connectivity index (χ1v) is 8.05. The zero-order chi connectivity index (χ0) is 16.5. The molecule has 4 heterocycles. The summed E-state index contributed by atoms with van der Waals surface area (Å²) < 4.78 is 1.85. The molecule has 0 saturated carbocycles. The Morgan fingerprint density at radius 1 is 1.38 bits per heavy atom. The highest BCUT2D eigenvalue weighted by atomic mass is 16.1. The van der Waals surface area contributed by atoms with E-state index in [1.807, 2.05) is 23.0 Å². The fraction of sp³-hybridized carbons (Fsp3) is 0.375. The van der Waals surface area contributed by atoms with E-state index in [-0.39, 0.29) is 18.4 Å². The van der Waals surface area contributed by atoms with Crippen LogP contribution in [-0.4, -0.2) is 43.5 Å². The van der Waals surface area contributed by atoms with Crippen molar-refractivity contribution in [3.05, 3.63) is 36.8 Å². The van der Waals surface area contributed by atoms with Gasteiger partial charge in [-0.25, -0.2) is 15.0 Å². The Hall–Kier alpha value is -2.90. The lowest BCUT2D eigenvalue weighted by atomic mass is 9.97. The SMILES string of the molecule is NC(=O)Cn1ccnc1[C@H]1CCCN(c2ncnc3[nH]ccc23)C1. The van der Waals surface area contributed by atoms with E-state index in [9.17, 15) is 4.79 Å². The Kier molecular flexibility index (Phi) is 3.64. The Balaban J connectivity index is 1.61. The minimum atomic E-state index is -0.355. The van der Waals surface area contributed by atoms with Crippen molar-refractivity contribution in [2.75, 3.05) is 18.0 Å². The van der Waals surface area contributed by atoms with Crippen LogP contribution in [0, 0.1) is 0 Å². The third-order valence-electron chi connectivity index (χ3n) is 4.49. The third kappa shape index (κ3) is 2.60. The molecule has 24 heavy (non-hydrogen) atoms. The van der Waals surface area contributed by atoms with Gasteiger partial charge in [-0.3, -0.25) is 4.79 Å². The number of anilines is 1. The predicted octanol–water partition coefficient (Wildman–Crippen LogP) is 1.02. The first-order valence-electron chi connectivity index (χ1n) is 8.05. The number of H-pyrrole nitrogens is 1. The van der Waals surface area contributed by atoms with Crippen LogP contribution in [-0.2, 0) is 11.3 Å². The summed E-state index contributed by atoms with van der Waals surface area (Å²) >= 11 is 0. The molecule has 0 unspecified atom stereocenters. The normalized spacial score (nSPS) is 18.2. The first kappa shape index (κ1) is 14.7. The molecule has 1 aliphatic heterocycles. The van der Waals surface area contributed by atoms with Gasteiger partial charge in [0.05, 0.1) is 5.39 Å². The van der Waals surface area contributed by atoms with Gasteiger partial charge in [0.15, 0.2) is 0 Å². The minimum absolute atomic E-state index is 0.168. The monoisotopic (exact) mass is 325 g/mol. The Morgan fingerprint density at radius 3 is 3.17 bits per heavy atom. The lowest BCUT2D eigenvalue weighted by Gasteiger charge is -2.33. The van der Waals surface area contributed by atoms with Crippen molar-refractivity contribution in [1.82, 2.24) is 24.5 Å². The number of rotatable bonds is 4. The van der Waals surface area contributed by atoms with Gasteiger partial charge in [-0.2, -0.15) is 0 Å². The molecule has 3 N–H and O–H groups in total. The lowest BCUT2D eigenvalue weighted by Crippen LogP contribution is -2.36. The number of primary amides is 1. The number of nitrogens with two attached hydrogens (primary N) is 1. The van der Waals surface area contributed by atoms with Gasteiger partial charge in [0, 0.05) is 37.6 Å². The predicted molar refractivity (Wildman–Crippen MR) is 89.5 cm³/mol. The largest absolute Gasteiger partial charge is 0.368 e. The van der Waals surface area contributed by atoms with E-state index in [4.69, 9.17) is 5.73 Å². The van der Waals surface area contributed by atoms with Gasteiger partial charge < -0.3 is 20.2 Å². The number of nitrogens with one attached hydrogen (secondary N) is 1. The quantitative estimate of drug-likeness (QED) is 0.745. The maximum Gasteiger partial charge on any atom is 0.237 e. The van der Waals surface area contributed by atoms with Crippen LogP contribution in [0.15, 0.2) is 31.0 Å². The number of imidazole rings is 1. The molecule has 1 atom stereocenters. The molecule has 4 rings (SSSR count). The Labute approximate surface area is 138 Å². The van der Waals surface area contributed by atoms with Gasteiger partial charge >= 0.3 is 0 Å². The molecule has 1 aliphatic rings. The molecule has 0 aromatic carbocycles. The summed E-state index contributed by atoms with van der Waals surface area (Å²) in [7, 11) is 0. The van der Waals surface area contributed by atoms with Crippen LogP contribution in [0.5, 0.6) is 0 Å². The van der Waals surface area contributed by atoms with Crippen LogP contribution in [0.2, 0.25) is 0 Å². The van der Waals surface area contributed by atoms with Gasteiger partial charge in [-0.15, -0.1) is 0 Å². The molecule has 0 radical (unpaired) electrons. The van der Waals surface area contributed by atoms with Crippen molar-refractivity contribution in [2.45, 2.75) is 25.3 Å². The van der Waals surface area contributed by atoms with E-state index in [1.54, 1.807) is 12.5 Å². The fourth-order valence-corrected chi connectivity index (χ4v) is 3.47. The van der Waals surface area contributed by atoms with E-state index in [2.05, 4.69) is 24.8 Å². The van der Waals surface area contributed by atoms with Crippen molar-refractivity contribution < 1.29 is 4.79 Å². The van der Waals surface area contributed by atoms with E-state index in [1.165, 1.54) is 0 Å². The van der Waals surface area contributed by atoms with Crippen molar-refractivity contribution >= 4 is 22.8 Å². The van der Waals surface area contributed by atoms with E-state index in [0.29, 0.717) is 0 Å². The number of fused-ring (bicyclic) bond motifs is 1. The molecule has 3 aromatic rings. The van der Waals surface area contributed by atoms with Crippen molar-refractivity contribution in [1.29, 1.82) is 0 Å². The zero-order valence-corrected chi connectivity index (χ0v) is 13.2. The Morgan fingerprint density at radius 2 is 2.29 bits per heavy atom. The van der Waals surface area contributed by atoms with Crippen LogP contribution < -0.4 is 10.6 Å². The molecule has 0 aliphatic carbocycles. The number of piperidine rings is 1. The number of aromatic nitrogens is 5. The maximum absolute atomic E-state index is 11.2. The second-order valence-corrected chi connectivity index (χ2v) is 6.10. The van der Waals surface area contributed by atoms with Gasteiger partial charge in [-0.1, -0.05) is 0 Å². The summed E-state index contributed by atoms with van der Waals surface area (Å²) in [5, 5.41) is 1.03. The molecular weight excluding hydrogens is 306 g/mol. The van der Waals surface area contributed by atoms with Crippen molar-refractivity contribution in [3.8, 4) is 0 Å². The lowest BCUT2D eigenvalue weighted by molar-refractivity contribution is -0.118. The van der Waals surface area contributed by atoms with Gasteiger partial charge in [-0.05, 0) is 18.9 Å². The molecular formula is C16H19N7O. The second kappa shape index (κ2) is 5.95. The summed E-state index contributed by atoms with van der Waals surface area (Å²) in [4.78, 5) is 29.8. The van der Waals surface area contributed by atoms with E-state index in [0.717, 1.165) is 48.6 Å². The summed E-state index contributed by atoms with van der Waals surface area (Å²) in [6.07, 6.45) is 9.09. The van der Waals surface area contributed by atoms with E-state index >= 15 is 0 Å². The Bertz CT molecular complexity index is 868. The second-order valence-electron chi connectivity index (χ2n) is 6.10. The van der Waals surface area contributed by atoms with Gasteiger partial charge in [0.2, 0.25) is 5.91 Å². The standard InChI is InChI=1S/C16H19N7O/c17-13(24)9-23-7-5-19-15(23)11-2-1-6-22(8-11)16-12-3-4-18-14(12)20-10-21-16/h3-5,7,10-11H,1-2,6,8-9H2,(H2,17,24)(H,18,20,21)/t11-/m0/s1. The molecule has 8 heteroatoms. The molecule has 1 fully saturated rings. The number of nitrogens with zero attached hydrogens (tertiary/aromatic N) is 5. The van der Waals surface area contributed by atoms with E-state index < -0.39 is 0 Å². The summed E-state index contributed by atoms with van der Waals surface area (Å²) in [6, 6.07) is 2.00. The number of carbonyl (C=O) groups is 1. The van der Waals surface area contributed by atoms with Crippen LogP contribution >= 0.6 is 0 Å². The topological polar surface area (TPSA) is 106 Å². The zero-order valence-electron chi connectivity index (χ0n) is 13.2. The van der Waals surface area contributed by atoms with Gasteiger partial charge in [0.1, 0.15) is 30.2 Å². The summed E-state index contributed by atoms with van der Waals surface area (Å²) in [5.41, 5.74) is 6.18. The number of hydrogen-bond donors (Lipinski definition) is 2. The maximum atomic E-state index is 11.2. The smallest absolute Gasteiger partial charge is 0.237 e. The van der Waals surface area contributed by atoms with Gasteiger partial charge in [0.25, 0.3) is 0 Å². The third-order valence-corrected chi connectivity index (χ3v) is 4.49. The van der Waals surface area contributed by atoms with Crippen LogP contribution in [0.1, 0.15) is 24.6 Å². The molecule has 124 valence electrons. The molecule has 1 amide bonds. The first-order chi connectivity index (χ1) is 11.7. The number of carbonyl (C=O) groups excluding carboxylic acids is 1. The molecule has 8 nitrogen and oxygen atoms in total. The average Bonchev–Trinajstić information content (AvgIpc) is 3.23. The summed E-state index contributed by atoms with van der Waals surface area (Å²) in [5.74, 6) is 1.75. The summed E-state index contributed by atoms with van der Waals surface area (Å²) in [6.45, 7) is 1.93. The molecule has 0 bridgehead atoms. The number of aromatic amines is 1. The minimum Gasteiger partial charge on any atom is -0.368 e. The average molecular weight is 325 g/mol. The molecule has 3 aromatic heterocycles. The van der Waals surface area contributed by atoms with Crippen LogP contribution in [0.25, 0.3) is 11.0 Å². The highest BCUT2D eigenvalue weighted by molar-refractivity contribution is 5.87. The number of hydrogen-bond acceptors (Lipinski definition) is 5. The highest BCUT2D eigenvalue weighted by Crippen LogP contribution is 2.31. The van der Waals surface area contributed by atoms with Crippen LogP contribution in [0.3, 0.4) is 0 Å². The molecule has 0 spiro atoms. The molecule has 1 saturated heterocycles. The highest BCUT2D eigenvalue weighted by Gasteiger charge is 2.26. The fourth-order valence-electron chi connectivity index (χ4n) is 3.47. The van der Waals surface area contributed by atoms with Crippen molar-refractivity contribution in [2.24, 2.45) is 5.73 Å².